The highest BCUT2D eigenvalue weighted by Gasteiger charge is 2.36. The van der Waals surface area contributed by atoms with Crippen LogP contribution in [-0.2, 0) is 4.79 Å². The number of amides is 2. The molecule has 1 aliphatic heterocycles. The number of H-pyrrole nitrogens is 1. The van der Waals surface area contributed by atoms with Crippen LogP contribution in [0.1, 0.15) is 58.6 Å². The van der Waals surface area contributed by atoms with Gasteiger partial charge in [-0.25, -0.2) is 0 Å². The van der Waals surface area contributed by atoms with E-state index in [0.717, 1.165) is 53.9 Å². The Morgan fingerprint density at radius 1 is 1.18 bits per heavy atom. The maximum atomic E-state index is 13.7. The van der Waals surface area contributed by atoms with Gasteiger partial charge in [0.25, 0.3) is 11.8 Å². The maximum absolute atomic E-state index is 13.7. The number of hydrogen-bond donors (Lipinski definition) is 3. The Morgan fingerprint density at radius 3 is 2.44 bits per heavy atom. The van der Waals surface area contributed by atoms with Crippen molar-refractivity contribution in [2.75, 3.05) is 32.6 Å². The molecule has 0 unspecified atom stereocenters. The zero-order valence-corrected chi connectivity index (χ0v) is 21.4. The van der Waals surface area contributed by atoms with E-state index in [0.29, 0.717) is 35.4 Å². The van der Waals surface area contributed by atoms with Gasteiger partial charge in [0.15, 0.2) is 0 Å². The molecule has 1 aromatic heterocycles. The molecule has 1 saturated carbocycles. The molecule has 1 fully saturated rings. The third-order valence-electron chi connectivity index (χ3n) is 7.02. The second kappa shape index (κ2) is 10.7. The molecule has 0 saturated heterocycles. The fourth-order valence-electron chi connectivity index (χ4n) is 5.11. The smallest absolute Gasteiger partial charge is 0.259 e. The lowest BCUT2D eigenvalue weighted by molar-refractivity contribution is -0.113. The Bertz CT molecular complexity index is 1100. The van der Waals surface area contributed by atoms with Gasteiger partial charge in [0.05, 0.1) is 23.9 Å². The molecule has 4 rings (SSSR count). The zero-order chi connectivity index (χ0) is 23.7. The number of nitrogens with zero attached hydrogens (tertiary/aromatic N) is 1. The average molecular weight is 487 g/mol. The molecule has 2 amide bonds. The lowest BCUT2D eigenvalue weighted by atomic mass is 9.85. The van der Waals surface area contributed by atoms with Crippen LogP contribution in [0.5, 0.6) is 5.75 Å². The fraction of sp³-hybridized carbons (Fsp3) is 0.462. The SMILES string of the molecule is CNC(=O)c1cc2c(cc1OC)/C(=C/c1[nH]c(C)cc1C)C(=O)N2CC1CCC(NC)CC1.Cl. The average Bonchev–Trinajstić information content (AvgIpc) is 3.27. The molecule has 8 heteroatoms. The number of aryl methyl sites for hydroxylation is 2. The summed E-state index contributed by atoms with van der Waals surface area (Å²) in [4.78, 5) is 31.5. The van der Waals surface area contributed by atoms with Crippen molar-refractivity contribution in [2.24, 2.45) is 5.92 Å². The predicted octanol–water partition coefficient (Wildman–Crippen LogP) is 4.09. The van der Waals surface area contributed by atoms with Crippen molar-refractivity contribution in [2.45, 2.75) is 45.6 Å². The van der Waals surface area contributed by atoms with Gasteiger partial charge in [-0.15, -0.1) is 12.4 Å². The van der Waals surface area contributed by atoms with E-state index in [-0.39, 0.29) is 24.2 Å². The summed E-state index contributed by atoms with van der Waals surface area (Å²) in [6, 6.07) is 6.26. The number of methoxy groups -OCH3 is 1. The maximum Gasteiger partial charge on any atom is 0.259 e. The van der Waals surface area contributed by atoms with E-state index in [9.17, 15) is 9.59 Å². The van der Waals surface area contributed by atoms with Gasteiger partial charge in [-0.3, -0.25) is 9.59 Å². The molecule has 34 heavy (non-hydrogen) atoms. The molecule has 0 bridgehead atoms. The largest absolute Gasteiger partial charge is 0.496 e. The Labute approximate surface area is 207 Å². The summed E-state index contributed by atoms with van der Waals surface area (Å²) in [5.74, 6) is 0.640. The minimum absolute atomic E-state index is 0. The lowest BCUT2D eigenvalue weighted by Gasteiger charge is -2.31. The minimum Gasteiger partial charge on any atom is -0.496 e. The standard InChI is InChI=1S/C26H34N4O3.ClH/c1-15-10-16(2)29-22(15)11-20-19-13-24(33-5)21(25(31)28-4)12-23(19)30(26(20)32)14-17-6-8-18(27-3)9-7-17;/h10-13,17-18,27,29H,6-9,14H2,1-5H3,(H,28,31);1H/b20-11-;. The highest BCUT2D eigenvalue weighted by atomic mass is 35.5. The molecule has 0 radical (unpaired) electrons. The molecule has 2 aromatic rings. The van der Waals surface area contributed by atoms with Crippen molar-refractivity contribution in [3.05, 3.63) is 46.3 Å². The van der Waals surface area contributed by atoms with Crippen LogP contribution in [0.25, 0.3) is 11.6 Å². The number of carbonyl (C=O) groups excluding carboxylic acids is 2. The molecular weight excluding hydrogens is 452 g/mol. The minimum atomic E-state index is -0.232. The normalized spacial score (nSPS) is 20.8. The summed E-state index contributed by atoms with van der Waals surface area (Å²) in [6.45, 7) is 4.69. The Hall–Kier alpha value is -2.77. The van der Waals surface area contributed by atoms with Gasteiger partial charge in [-0.05, 0) is 82.3 Å². The number of hydrogen-bond acceptors (Lipinski definition) is 4. The first-order valence-corrected chi connectivity index (χ1v) is 11.7. The van der Waals surface area contributed by atoms with Crippen molar-refractivity contribution < 1.29 is 14.3 Å². The van der Waals surface area contributed by atoms with E-state index in [1.165, 1.54) is 0 Å². The summed E-state index contributed by atoms with van der Waals surface area (Å²) in [6.07, 6.45) is 6.33. The Balaban J connectivity index is 0.00000324. The van der Waals surface area contributed by atoms with Gasteiger partial charge in [-0.2, -0.15) is 0 Å². The first-order chi connectivity index (χ1) is 15.9. The zero-order valence-electron chi connectivity index (χ0n) is 20.6. The molecule has 0 spiro atoms. The van der Waals surface area contributed by atoms with E-state index in [2.05, 4.69) is 21.7 Å². The highest BCUT2D eigenvalue weighted by Crippen LogP contribution is 2.43. The third kappa shape index (κ3) is 4.86. The fourth-order valence-corrected chi connectivity index (χ4v) is 5.11. The molecule has 2 aliphatic rings. The van der Waals surface area contributed by atoms with E-state index in [1.807, 2.05) is 37.9 Å². The van der Waals surface area contributed by atoms with Crippen LogP contribution in [0.15, 0.2) is 18.2 Å². The number of rotatable bonds is 6. The third-order valence-corrected chi connectivity index (χ3v) is 7.02. The van der Waals surface area contributed by atoms with Crippen LogP contribution in [0.4, 0.5) is 5.69 Å². The summed E-state index contributed by atoms with van der Waals surface area (Å²) in [5.41, 5.74) is 5.71. The molecular formula is C26H35ClN4O3. The number of halogens is 1. The van der Waals surface area contributed by atoms with Gasteiger partial charge >= 0.3 is 0 Å². The Kier molecular flexibility index (Phi) is 8.10. The molecule has 7 nitrogen and oxygen atoms in total. The second-order valence-electron chi connectivity index (χ2n) is 9.18. The number of carbonyl (C=O) groups is 2. The van der Waals surface area contributed by atoms with Crippen molar-refractivity contribution >= 4 is 41.6 Å². The second-order valence-corrected chi connectivity index (χ2v) is 9.18. The number of nitrogens with one attached hydrogen (secondary N) is 3. The first-order valence-electron chi connectivity index (χ1n) is 11.7. The van der Waals surface area contributed by atoms with E-state index in [4.69, 9.17) is 4.74 Å². The molecule has 0 atom stereocenters. The van der Waals surface area contributed by atoms with Gasteiger partial charge in [0, 0.05) is 36.6 Å². The number of aromatic nitrogens is 1. The molecule has 1 aliphatic carbocycles. The van der Waals surface area contributed by atoms with Crippen molar-refractivity contribution in [1.82, 2.24) is 15.6 Å². The monoisotopic (exact) mass is 486 g/mol. The van der Waals surface area contributed by atoms with Crippen LogP contribution in [-0.4, -0.2) is 50.6 Å². The number of benzene rings is 1. The van der Waals surface area contributed by atoms with Gasteiger partial charge in [0.2, 0.25) is 0 Å². The van der Waals surface area contributed by atoms with Crippen molar-refractivity contribution in [1.29, 1.82) is 0 Å². The topological polar surface area (TPSA) is 86.5 Å². The predicted molar refractivity (Wildman–Crippen MR) is 139 cm³/mol. The highest BCUT2D eigenvalue weighted by molar-refractivity contribution is 6.36. The lowest BCUT2D eigenvalue weighted by Crippen LogP contribution is -2.37. The van der Waals surface area contributed by atoms with E-state index < -0.39 is 0 Å². The Morgan fingerprint density at radius 2 is 1.88 bits per heavy atom. The quantitative estimate of drug-likeness (QED) is 0.537. The first kappa shape index (κ1) is 25.8. The summed E-state index contributed by atoms with van der Waals surface area (Å²) >= 11 is 0. The van der Waals surface area contributed by atoms with E-state index >= 15 is 0 Å². The van der Waals surface area contributed by atoms with Crippen LogP contribution in [0.3, 0.4) is 0 Å². The van der Waals surface area contributed by atoms with Crippen LogP contribution in [0.2, 0.25) is 0 Å². The van der Waals surface area contributed by atoms with Crippen molar-refractivity contribution in [3.63, 3.8) is 0 Å². The van der Waals surface area contributed by atoms with Gasteiger partial charge in [-0.1, -0.05) is 0 Å². The molecule has 1 aromatic carbocycles. The number of ether oxygens (including phenoxy) is 1. The van der Waals surface area contributed by atoms with Crippen LogP contribution in [0, 0.1) is 19.8 Å². The molecule has 2 heterocycles. The van der Waals surface area contributed by atoms with Crippen LogP contribution < -0.4 is 20.3 Å². The van der Waals surface area contributed by atoms with Crippen molar-refractivity contribution in [3.8, 4) is 5.75 Å². The molecule has 184 valence electrons. The van der Waals surface area contributed by atoms with Gasteiger partial charge < -0.3 is 25.3 Å². The summed E-state index contributed by atoms with van der Waals surface area (Å²) in [7, 11) is 5.16. The van der Waals surface area contributed by atoms with Gasteiger partial charge in [0.1, 0.15) is 5.75 Å². The molecule has 3 N–H and O–H groups in total. The summed E-state index contributed by atoms with van der Waals surface area (Å²) < 4.78 is 5.53. The van der Waals surface area contributed by atoms with E-state index in [1.54, 1.807) is 20.2 Å². The number of fused-ring (bicyclic) bond motifs is 1. The summed E-state index contributed by atoms with van der Waals surface area (Å²) in [5, 5.41) is 6.05. The number of anilines is 1. The van der Waals surface area contributed by atoms with Crippen LogP contribution >= 0.6 is 12.4 Å². The number of aromatic amines is 1.